The van der Waals surface area contributed by atoms with E-state index in [0.29, 0.717) is 16.9 Å². The van der Waals surface area contributed by atoms with Crippen LogP contribution in [0.15, 0.2) is 28.7 Å². The Hall–Kier alpha value is -1.03. The van der Waals surface area contributed by atoms with E-state index in [1.807, 2.05) is 32.2 Å². The second kappa shape index (κ2) is 5.74. The first-order valence-electron chi connectivity index (χ1n) is 5.59. The van der Waals surface area contributed by atoms with Gasteiger partial charge in [0, 0.05) is 12.1 Å². The zero-order valence-electron chi connectivity index (χ0n) is 10.3. The number of aryl methyl sites for hydroxylation is 1. The first-order valence-corrected chi connectivity index (χ1v) is 6.35. The van der Waals surface area contributed by atoms with Crippen molar-refractivity contribution in [3.05, 3.63) is 51.7 Å². The van der Waals surface area contributed by atoms with E-state index in [4.69, 9.17) is 27.6 Å². The van der Waals surface area contributed by atoms with Crippen molar-refractivity contribution in [3.63, 3.8) is 0 Å². The molecule has 2 aromatic heterocycles. The molecular formula is C13H14Cl2N2O. The molecule has 18 heavy (non-hydrogen) atoms. The predicted octanol–water partition coefficient (Wildman–Crippen LogP) is 3.92. The van der Waals surface area contributed by atoms with Crippen molar-refractivity contribution in [2.24, 2.45) is 0 Å². The van der Waals surface area contributed by atoms with Crippen molar-refractivity contribution in [2.45, 2.75) is 20.0 Å². The van der Waals surface area contributed by atoms with Gasteiger partial charge < -0.3 is 4.42 Å². The van der Waals surface area contributed by atoms with Crippen LogP contribution < -0.4 is 0 Å². The van der Waals surface area contributed by atoms with Crippen LogP contribution in [-0.4, -0.2) is 16.9 Å². The van der Waals surface area contributed by atoms with E-state index in [0.717, 1.165) is 23.6 Å². The summed E-state index contributed by atoms with van der Waals surface area (Å²) in [6, 6.07) is 7.57. The van der Waals surface area contributed by atoms with Gasteiger partial charge in [-0.1, -0.05) is 29.3 Å². The second-order valence-corrected chi connectivity index (χ2v) is 5.01. The van der Waals surface area contributed by atoms with E-state index in [2.05, 4.69) is 9.88 Å². The number of nitrogens with zero attached hydrogens (tertiary/aromatic N) is 2. The Morgan fingerprint density at radius 1 is 1.17 bits per heavy atom. The van der Waals surface area contributed by atoms with Crippen LogP contribution >= 0.6 is 23.2 Å². The number of furan rings is 1. The van der Waals surface area contributed by atoms with Gasteiger partial charge in [0.05, 0.1) is 6.54 Å². The standard InChI is InChI=1S/C13H14Cl2N2O/c1-9-3-5-11(18-9)8-17(2)7-10-4-6-12(14)16-13(10)15/h3-6H,7-8H2,1-2H3. The maximum Gasteiger partial charge on any atom is 0.135 e. The van der Waals surface area contributed by atoms with Gasteiger partial charge in [0.2, 0.25) is 0 Å². The zero-order valence-corrected chi connectivity index (χ0v) is 11.8. The molecule has 3 nitrogen and oxygen atoms in total. The molecule has 0 aromatic carbocycles. The Morgan fingerprint density at radius 3 is 2.56 bits per heavy atom. The molecule has 2 rings (SSSR count). The first-order chi connectivity index (χ1) is 8.54. The molecule has 2 aromatic rings. The van der Waals surface area contributed by atoms with Crippen LogP contribution in [-0.2, 0) is 13.1 Å². The van der Waals surface area contributed by atoms with Crippen LogP contribution in [0.4, 0.5) is 0 Å². The van der Waals surface area contributed by atoms with Crippen LogP contribution in [0.25, 0.3) is 0 Å². The molecular weight excluding hydrogens is 271 g/mol. The molecule has 0 unspecified atom stereocenters. The van der Waals surface area contributed by atoms with E-state index >= 15 is 0 Å². The molecule has 0 saturated heterocycles. The second-order valence-electron chi connectivity index (χ2n) is 4.27. The molecule has 0 aliphatic rings. The Kier molecular flexibility index (Phi) is 4.27. The van der Waals surface area contributed by atoms with Gasteiger partial charge >= 0.3 is 0 Å². The van der Waals surface area contributed by atoms with Crippen molar-refractivity contribution in [1.29, 1.82) is 0 Å². The third-order valence-electron chi connectivity index (χ3n) is 2.55. The molecule has 0 bridgehead atoms. The average Bonchev–Trinajstić information content (AvgIpc) is 2.68. The molecule has 0 spiro atoms. The smallest absolute Gasteiger partial charge is 0.135 e. The monoisotopic (exact) mass is 284 g/mol. The summed E-state index contributed by atoms with van der Waals surface area (Å²) in [5, 5.41) is 0.859. The minimum Gasteiger partial charge on any atom is -0.465 e. The lowest BCUT2D eigenvalue weighted by Crippen LogP contribution is -2.17. The number of pyridine rings is 1. The number of halogens is 2. The SMILES string of the molecule is Cc1ccc(CN(C)Cc2ccc(Cl)nc2Cl)o1. The van der Waals surface area contributed by atoms with Crippen LogP contribution in [0.1, 0.15) is 17.1 Å². The molecule has 0 radical (unpaired) electrons. The molecule has 5 heteroatoms. The van der Waals surface area contributed by atoms with Crippen molar-refractivity contribution < 1.29 is 4.42 Å². The molecule has 0 saturated carbocycles. The van der Waals surface area contributed by atoms with Gasteiger partial charge in [-0.05, 0) is 32.2 Å². The average molecular weight is 285 g/mol. The van der Waals surface area contributed by atoms with Crippen molar-refractivity contribution in [3.8, 4) is 0 Å². The Morgan fingerprint density at radius 2 is 1.94 bits per heavy atom. The maximum absolute atomic E-state index is 6.04. The minimum absolute atomic E-state index is 0.410. The summed E-state index contributed by atoms with van der Waals surface area (Å²) < 4.78 is 5.53. The number of aromatic nitrogens is 1. The third-order valence-corrected chi connectivity index (χ3v) is 3.09. The Bertz CT molecular complexity index is 540. The summed E-state index contributed by atoms with van der Waals surface area (Å²) in [6.45, 7) is 3.36. The zero-order chi connectivity index (χ0) is 13.1. The van der Waals surface area contributed by atoms with E-state index in [-0.39, 0.29) is 0 Å². The third kappa shape index (κ3) is 3.48. The highest BCUT2D eigenvalue weighted by molar-refractivity contribution is 6.32. The predicted molar refractivity (Wildman–Crippen MR) is 72.9 cm³/mol. The topological polar surface area (TPSA) is 29.3 Å². The van der Waals surface area contributed by atoms with E-state index in [9.17, 15) is 0 Å². The Balaban J connectivity index is 2.00. The summed E-state index contributed by atoms with van der Waals surface area (Å²) in [6.07, 6.45) is 0. The van der Waals surface area contributed by atoms with Gasteiger partial charge in [-0.2, -0.15) is 0 Å². The van der Waals surface area contributed by atoms with Crippen LogP contribution in [0.2, 0.25) is 10.3 Å². The molecule has 0 amide bonds. The molecule has 0 atom stereocenters. The van der Waals surface area contributed by atoms with Gasteiger partial charge in [-0.15, -0.1) is 0 Å². The van der Waals surface area contributed by atoms with Crippen molar-refractivity contribution in [1.82, 2.24) is 9.88 Å². The van der Waals surface area contributed by atoms with Gasteiger partial charge in [-0.25, -0.2) is 4.98 Å². The van der Waals surface area contributed by atoms with Gasteiger partial charge in [0.15, 0.2) is 0 Å². The highest BCUT2D eigenvalue weighted by Crippen LogP contribution is 2.19. The van der Waals surface area contributed by atoms with E-state index < -0.39 is 0 Å². The highest BCUT2D eigenvalue weighted by atomic mass is 35.5. The molecule has 0 N–H and O–H groups in total. The summed E-state index contributed by atoms with van der Waals surface area (Å²) in [4.78, 5) is 6.12. The highest BCUT2D eigenvalue weighted by Gasteiger charge is 2.08. The lowest BCUT2D eigenvalue weighted by Gasteiger charge is -2.15. The quantitative estimate of drug-likeness (QED) is 0.797. The number of hydrogen-bond donors (Lipinski definition) is 0. The van der Waals surface area contributed by atoms with Crippen molar-refractivity contribution >= 4 is 23.2 Å². The van der Waals surface area contributed by atoms with E-state index in [1.165, 1.54) is 0 Å². The lowest BCUT2D eigenvalue weighted by molar-refractivity contribution is 0.285. The molecule has 0 aliphatic heterocycles. The fourth-order valence-electron chi connectivity index (χ4n) is 1.74. The molecule has 96 valence electrons. The maximum atomic E-state index is 6.04. The van der Waals surface area contributed by atoms with Gasteiger partial charge in [-0.3, -0.25) is 4.90 Å². The fraction of sp³-hybridized carbons (Fsp3) is 0.308. The summed E-state index contributed by atoms with van der Waals surface area (Å²) >= 11 is 11.8. The fourth-order valence-corrected chi connectivity index (χ4v) is 2.15. The molecule has 2 heterocycles. The largest absolute Gasteiger partial charge is 0.465 e. The minimum atomic E-state index is 0.410. The summed E-state index contributed by atoms with van der Waals surface area (Å²) in [5.41, 5.74) is 0.951. The summed E-state index contributed by atoms with van der Waals surface area (Å²) in [5.74, 6) is 1.86. The van der Waals surface area contributed by atoms with Crippen LogP contribution in [0, 0.1) is 6.92 Å². The molecule has 0 fully saturated rings. The van der Waals surface area contributed by atoms with Crippen LogP contribution in [0.5, 0.6) is 0 Å². The lowest BCUT2D eigenvalue weighted by atomic mass is 10.2. The van der Waals surface area contributed by atoms with Gasteiger partial charge in [0.25, 0.3) is 0 Å². The number of hydrogen-bond acceptors (Lipinski definition) is 3. The Labute approximate surface area is 116 Å². The normalized spacial score (nSPS) is 11.2. The van der Waals surface area contributed by atoms with E-state index in [1.54, 1.807) is 6.07 Å². The molecule has 0 aliphatic carbocycles. The first kappa shape index (κ1) is 13.4. The van der Waals surface area contributed by atoms with Crippen LogP contribution in [0.3, 0.4) is 0 Å². The summed E-state index contributed by atoms with van der Waals surface area (Å²) in [7, 11) is 2.00. The van der Waals surface area contributed by atoms with Gasteiger partial charge in [0.1, 0.15) is 21.8 Å². The number of rotatable bonds is 4. The van der Waals surface area contributed by atoms with Crippen molar-refractivity contribution in [2.75, 3.05) is 7.05 Å².